The number of hydrogen-bond donors (Lipinski definition) is 1. The van der Waals surface area contributed by atoms with Crippen LogP contribution in [-0.4, -0.2) is 27.1 Å². The average Bonchev–Trinajstić information content (AvgIpc) is 2.83. The fraction of sp³-hybridized carbons (Fsp3) is 0.105. The molecule has 5 nitrogen and oxygen atoms in total. The van der Waals surface area contributed by atoms with E-state index in [9.17, 15) is 14.4 Å². The highest BCUT2D eigenvalue weighted by Gasteiger charge is 2.34. The molecule has 0 atom stereocenters. The number of nitrogens with zero attached hydrogens (tertiary/aromatic N) is 1. The summed E-state index contributed by atoms with van der Waals surface area (Å²) in [5.74, 6) is -1.34. The molecule has 0 radical (unpaired) electrons. The van der Waals surface area contributed by atoms with Crippen LogP contribution in [-0.2, 0) is 11.3 Å². The number of aryl methyl sites for hydroxylation is 1. The van der Waals surface area contributed by atoms with E-state index in [1.165, 1.54) is 17.0 Å². The zero-order valence-corrected chi connectivity index (χ0v) is 14.2. The summed E-state index contributed by atoms with van der Waals surface area (Å²) in [6.45, 7) is 2.19. The normalized spacial score (nSPS) is 15.9. The van der Waals surface area contributed by atoms with E-state index in [0.29, 0.717) is 10.5 Å². The maximum atomic E-state index is 12.5. The van der Waals surface area contributed by atoms with Crippen molar-refractivity contribution in [2.24, 2.45) is 0 Å². The zero-order chi connectivity index (χ0) is 18.0. The third kappa shape index (κ3) is 3.80. The van der Waals surface area contributed by atoms with Gasteiger partial charge in [0.25, 0.3) is 11.1 Å². The Labute approximate surface area is 149 Å². The molecule has 1 fully saturated rings. The Kier molecular flexibility index (Phi) is 4.72. The van der Waals surface area contributed by atoms with E-state index in [1.807, 2.05) is 31.2 Å². The van der Waals surface area contributed by atoms with Crippen LogP contribution in [0.4, 0.5) is 4.79 Å². The summed E-state index contributed by atoms with van der Waals surface area (Å²) in [5, 5.41) is 8.60. The smallest absolute Gasteiger partial charge is 0.335 e. The highest BCUT2D eigenvalue weighted by molar-refractivity contribution is 8.18. The second kappa shape index (κ2) is 6.94. The van der Waals surface area contributed by atoms with E-state index in [0.717, 1.165) is 22.9 Å². The molecule has 0 bridgehead atoms. The standard InChI is InChI=1S/C19H15NO4S/c1-12-3-2-4-14(9-12)11-20-17(21)16(25-19(20)24)10-13-5-7-15(8-6-13)18(22)23/h2-10H,11H2,1H3,(H,22,23)/b16-10-. The molecule has 1 aliphatic rings. The maximum absolute atomic E-state index is 12.5. The lowest BCUT2D eigenvalue weighted by molar-refractivity contribution is -0.123. The number of carboxylic acid groups (broad SMARTS) is 1. The first kappa shape index (κ1) is 17.0. The Morgan fingerprint density at radius 1 is 1.16 bits per heavy atom. The van der Waals surface area contributed by atoms with E-state index in [2.05, 4.69) is 0 Å². The fourth-order valence-electron chi connectivity index (χ4n) is 2.50. The van der Waals surface area contributed by atoms with Crippen molar-refractivity contribution in [3.8, 4) is 0 Å². The minimum absolute atomic E-state index is 0.171. The van der Waals surface area contributed by atoms with E-state index >= 15 is 0 Å². The van der Waals surface area contributed by atoms with Crippen molar-refractivity contribution >= 4 is 35.0 Å². The number of aromatic carboxylic acids is 1. The van der Waals surface area contributed by atoms with Crippen LogP contribution >= 0.6 is 11.8 Å². The Balaban J connectivity index is 1.79. The van der Waals surface area contributed by atoms with E-state index in [-0.39, 0.29) is 23.3 Å². The lowest BCUT2D eigenvalue weighted by Gasteiger charge is -2.12. The van der Waals surface area contributed by atoms with Gasteiger partial charge in [0.1, 0.15) is 0 Å². The number of imide groups is 1. The molecule has 1 N–H and O–H groups in total. The van der Waals surface area contributed by atoms with Gasteiger partial charge in [-0.05, 0) is 48.0 Å². The Hall–Kier alpha value is -2.86. The van der Waals surface area contributed by atoms with Crippen molar-refractivity contribution < 1.29 is 19.5 Å². The van der Waals surface area contributed by atoms with E-state index < -0.39 is 5.97 Å². The van der Waals surface area contributed by atoms with Gasteiger partial charge in [0.05, 0.1) is 17.0 Å². The number of carboxylic acids is 1. The highest BCUT2D eigenvalue weighted by atomic mass is 32.2. The van der Waals surface area contributed by atoms with Crippen molar-refractivity contribution in [2.45, 2.75) is 13.5 Å². The number of carbonyl (C=O) groups excluding carboxylic acids is 2. The van der Waals surface area contributed by atoms with Gasteiger partial charge in [0.15, 0.2) is 0 Å². The molecule has 126 valence electrons. The highest BCUT2D eigenvalue weighted by Crippen LogP contribution is 2.33. The third-order valence-electron chi connectivity index (χ3n) is 3.75. The van der Waals surface area contributed by atoms with Crippen molar-refractivity contribution in [3.63, 3.8) is 0 Å². The molecule has 25 heavy (non-hydrogen) atoms. The molecule has 2 aromatic carbocycles. The fourth-order valence-corrected chi connectivity index (χ4v) is 3.34. The minimum Gasteiger partial charge on any atom is -0.478 e. The molecule has 1 saturated heterocycles. The van der Waals surface area contributed by atoms with Crippen molar-refractivity contribution in [1.82, 2.24) is 4.90 Å². The number of rotatable bonds is 4. The van der Waals surface area contributed by atoms with Crippen LogP contribution < -0.4 is 0 Å². The molecule has 3 rings (SSSR count). The molecule has 1 aliphatic heterocycles. The molecule has 0 unspecified atom stereocenters. The first-order chi connectivity index (χ1) is 11.9. The number of hydrogen-bond acceptors (Lipinski definition) is 4. The topological polar surface area (TPSA) is 74.7 Å². The van der Waals surface area contributed by atoms with Gasteiger partial charge in [-0.1, -0.05) is 42.0 Å². The molecule has 0 aliphatic carbocycles. The van der Waals surface area contributed by atoms with Crippen LogP contribution in [0.1, 0.15) is 27.0 Å². The number of benzene rings is 2. The number of carbonyl (C=O) groups is 3. The quantitative estimate of drug-likeness (QED) is 0.843. The number of thioether (sulfide) groups is 1. The van der Waals surface area contributed by atoms with Gasteiger partial charge in [-0.25, -0.2) is 4.79 Å². The first-order valence-corrected chi connectivity index (χ1v) is 8.40. The molecular weight excluding hydrogens is 338 g/mol. The summed E-state index contributed by atoms with van der Waals surface area (Å²) in [7, 11) is 0. The number of amides is 2. The van der Waals surface area contributed by atoms with Gasteiger partial charge in [0, 0.05) is 0 Å². The predicted molar refractivity (Wildman–Crippen MR) is 96.1 cm³/mol. The van der Waals surface area contributed by atoms with Crippen LogP contribution in [0.3, 0.4) is 0 Å². The van der Waals surface area contributed by atoms with Crippen molar-refractivity contribution in [2.75, 3.05) is 0 Å². The van der Waals surface area contributed by atoms with Crippen LogP contribution in [0.15, 0.2) is 53.4 Å². The molecule has 2 amide bonds. The molecule has 0 aromatic heterocycles. The van der Waals surface area contributed by atoms with Crippen molar-refractivity contribution in [1.29, 1.82) is 0 Å². The summed E-state index contributed by atoms with van der Waals surface area (Å²) in [5.41, 5.74) is 2.81. The van der Waals surface area contributed by atoms with Crippen LogP contribution in [0.2, 0.25) is 0 Å². The lowest BCUT2D eigenvalue weighted by Crippen LogP contribution is -2.27. The Morgan fingerprint density at radius 3 is 2.52 bits per heavy atom. The van der Waals surface area contributed by atoms with Gasteiger partial charge in [0.2, 0.25) is 0 Å². The Bertz CT molecular complexity index is 887. The lowest BCUT2D eigenvalue weighted by atomic mass is 10.1. The second-order valence-electron chi connectivity index (χ2n) is 5.68. The van der Waals surface area contributed by atoms with E-state index in [1.54, 1.807) is 18.2 Å². The molecule has 6 heteroatoms. The molecule has 0 spiro atoms. The summed E-state index contributed by atoms with van der Waals surface area (Å²) in [4.78, 5) is 37.1. The molecule has 0 saturated carbocycles. The second-order valence-corrected chi connectivity index (χ2v) is 6.68. The summed E-state index contributed by atoms with van der Waals surface area (Å²) in [6.07, 6.45) is 1.60. The van der Waals surface area contributed by atoms with Crippen LogP contribution in [0, 0.1) is 6.92 Å². The summed E-state index contributed by atoms with van der Waals surface area (Å²) < 4.78 is 0. The molecule has 2 aromatic rings. The van der Waals surface area contributed by atoms with Crippen LogP contribution in [0.5, 0.6) is 0 Å². The van der Waals surface area contributed by atoms with Gasteiger partial charge < -0.3 is 5.11 Å². The van der Waals surface area contributed by atoms with Gasteiger partial charge in [-0.2, -0.15) is 0 Å². The molecule has 1 heterocycles. The maximum Gasteiger partial charge on any atom is 0.335 e. The average molecular weight is 353 g/mol. The molecular formula is C19H15NO4S. The zero-order valence-electron chi connectivity index (χ0n) is 13.4. The summed E-state index contributed by atoms with van der Waals surface area (Å²) >= 11 is 0.893. The van der Waals surface area contributed by atoms with Gasteiger partial charge in [-0.15, -0.1) is 0 Å². The largest absolute Gasteiger partial charge is 0.478 e. The minimum atomic E-state index is -1.01. The SMILES string of the molecule is Cc1cccc(CN2C(=O)S/C(=C\c3ccc(C(=O)O)cc3)C2=O)c1. The van der Waals surface area contributed by atoms with Gasteiger partial charge >= 0.3 is 5.97 Å². The van der Waals surface area contributed by atoms with Crippen LogP contribution in [0.25, 0.3) is 6.08 Å². The first-order valence-electron chi connectivity index (χ1n) is 7.58. The Morgan fingerprint density at radius 2 is 1.88 bits per heavy atom. The summed E-state index contributed by atoms with van der Waals surface area (Å²) in [6, 6.07) is 13.8. The monoisotopic (exact) mass is 353 g/mol. The predicted octanol–water partition coefficient (Wildman–Crippen LogP) is 3.93. The van der Waals surface area contributed by atoms with E-state index in [4.69, 9.17) is 5.11 Å². The third-order valence-corrected chi connectivity index (χ3v) is 4.66. The van der Waals surface area contributed by atoms with Gasteiger partial charge in [-0.3, -0.25) is 14.5 Å². The van der Waals surface area contributed by atoms with Crippen molar-refractivity contribution in [3.05, 3.63) is 75.7 Å².